The van der Waals surface area contributed by atoms with Gasteiger partial charge in [-0.2, -0.15) is 4.31 Å². The van der Waals surface area contributed by atoms with Gasteiger partial charge < -0.3 is 5.32 Å². The van der Waals surface area contributed by atoms with Crippen LogP contribution in [-0.2, 0) is 10.0 Å². The number of hydrogen-bond donors (Lipinski definition) is 1. The summed E-state index contributed by atoms with van der Waals surface area (Å²) in [6.45, 7) is 2.29. The van der Waals surface area contributed by atoms with Gasteiger partial charge in [0.05, 0.1) is 0 Å². The average molecular weight is 404 g/mol. The summed E-state index contributed by atoms with van der Waals surface area (Å²) >= 11 is 4.59. The van der Waals surface area contributed by atoms with E-state index in [1.165, 1.54) is 11.3 Å². The van der Waals surface area contributed by atoms with Gasteiger partial charge in [-0.1, -0.05) is 0 Å². The fourth-order valence-electron chi connectivity index (χ4n) is 2.37. The van der Waals surface area contributed by atoms with Gasteiger partial charge in [-0.05, 0) is 66.1 Å². The van der Waals surface area contributed by atoms with E-state index in [1.54, 1.807) is 15.8 Å². The maximum absolute atomic E-state index is 12.5. The zero-order valence-corrected chi connectivity index (χ0v) is 15.4. The van der Waals surface area contributed by atoms with Crippen LogP contribution >= 0.6 is 39.7 Å². The van der Waals surface area contributed by atoms with E-state index in [-0.39, 0.29) is 12.4 Å². The lowest BCUT2D eigenvalue weighted by atomic mass is 9.95. The van der Waals surface area contributed by atoms with E-state index in [4.69, 9.17) is 0 Å². The van der Waals surface area contributed by atoms with Gasteiger partial charge in [0.15, 0.2) is 0 Å². The summed E-state index contributed by atoms with van der Waals surface area (Å²) in [5.41, 5.74) is 0. The van der Waals surface area contributed by atoms with Gasteiger partial charge in [-0.3, -0.25) is 0 Å². The van der Waals surface area contributed by atoms with Crippen LogP contribution < -0.4 is 5.32 Å². The van der Waals surface area contributed by atoms with Gasteiger partial charge in [-0.15, -0.1) is 23.7 Å². The molecule has 0 radical (unpaired) electrons. The van der Waals surface area contributed by atoms with Crippen molar-refractivity contribution in [1.29, 1.82) is 0 Å². The zero-order chi connectivity index (χ0) is 13.9. The Bertz CT molecular complexity index is 513. The van der Waals surface area contributed by atoms with Crippen LogP contribution in [0.1, 0.15) is 19.3 Å². The van der Waals surface area contributed by atoms with E-state index in [1.807, 2.05) is 7.05 Å². The lowest BCUT2D eigenvalue weighted by molar-refractivity contribution is 0.263. The highest BCUT2D eigenvalue weighted by molar-refractivity contribution is 9.10. The molecular formula is C12H20BrClN2O2S2. The molecule has 0 saturated carbocycles. The zero-order valence-electron chi connectivity index (χ0n) is 11.3. The second kappa shape index (κ2) is 8.10. The molecule has 1 aliphatic heterocycles. The molecule has 0 bridgehead atoms. The number of nitrogens with one attached hydrogen (secondary N) is 1. The molecule has 4 nitrogen and oxygen atoms in total. The van der Waals surface area contributed by atoms with Crippen molar-refractivity contribution < 1.29 is 8.42 Å². The van der Waals surface area contributed by atoms with Crippen LogP contribution in [0.25, 0.3) is 0 Å². The van der Waals surface area contributed by atoms with Crippen LogP contribution in [-0.4, -0.2) is 39.4 Å². The van der Waals surface area contributed by atoms with E-state index in [2.05, 4.69) is 21.2 Å². The predicted molar refractivity (Wildman–Crippen MR) is 89.3 cm³/mol. The molecule has 1 N–H and O–H groups in total. The minimum absolute atomic E-state index is 0. The van der Waals surface area contributed by atoms with Crippen molar-refractivity contribution in [2.45, 2.75) is 23.5 Å². The van der Waals surface area contributed by atoms with Gasteiger partial charge >= 0.3 is 0 Å². The van der Waals surface area contributed by atoms with E-state index in [0.717, 1.165) is 25.8 Å². The van der Waals surface area contributed by atoms with Gasteiger partial charge in [-0.25, -0.2) is 8.42 Å². The molecule has 0 atom stereocenters. The van der Waals surface area contributed by atoms with Crippen molar-refractivity contribution in [3.05, 3.63) is 15.9 Å². The van der Waals surface area contributed by atoms with Gasteiger partial charge in [0.2, 0.25) is 0 Å². The molecule has 1 aliphatic rings. The molecule has 0 amide bonds. The van der Waals surface area contributed by atoms with Crippen LogP contribution in [0.3, 0.4) is 0 Å². The van der Waals surface area contributed by atoms with Crippen molar-refractivity contribution in [1.82, 2.24) is 9.62 Å². The van der Waals surface area contributed by atoms with Crippen molar-refractivity contribution in [2.75, 3.05) is 26.7 Å². The Labute approximate surface area is 139 Å². The number of nitrogens with zero attached hydrogens (tertiary/aromatic N) is 1. The summed E-state index contributed by atoms with van der Waals surface area (Å²) in [7, 11) is -1.35. The molecule has 1 aromatic rings. The normalized spacial score (nSPS) is 17.9. The number of rotatable bonds is 5. The van der Waals surface area contributed by atoms with Gasteiger partial charge in [0.1, 0.15) is 4.21 Å². The van der Waals surface area contributed by atoms with Crippen LogP contribution in [0.5, 0.6) is 0 Å². The third-order valence-corrected chi connectivity index (χ3v) is 8.08. The Kier molecular flexibility index (Phi) is 7.45. The van der Waals surface area contributed by atoms with Crippen molar-refractivity contribution in [2.24, 2.45) is 5.92 Å². The molecule has 116 valence electrons. The van der Waals surface area contributed by atoms with Crippen LogP contribution in [0.15, 0.2) is 20.1 Å². The van der Waals surface area contributed by atoms with E-state index in [0.29, 0.717) is 27.7 Å². The number of sulfonamides is 1. The first-order chi connectivity index (χ1) is 9.05. The van der Waals surface area contributed by atoms with Crippen molar-refractivity contribution in [3.8, 4) is 0 Å². The fourth-order valence-corrected chi connectivity index (χ4v) is 6.29. The maximum Gasteiger partial charge on any atom is 0.253 e. The second-order valence-electron chi connectivity index (χ2n) is 4.80. The Hall–Kier alpha value is 0.340. The average Bonchev–Trinajstić information content (AvgIpc) is 2.84. The predicted octanol–water partition coefficient (Wildman–Crippen LogP) is 2.94. The summed E-state index contributed by atoms with van der Waals surface area (Å²) < 4.78 is 27.7. The molecule has 1 fully saturated rings. The molecule has 2 rings (SSSR count). The highest BCUT2D eigenvalue weighted by Crippen LogP contribution is 2.32. The lowest BCUT2D eigenvalue weighted by Gasteiger charge is -2.30. The Morgan fingerprint density at radius 1 is 1.45 bits per heavy atom. The summed E-state index contributed by atoms with van der Waals surface area (Å²) in [5, 5.41) is 4.95. The third-order valence-electron chi connectivity index (χ3n) is 3.53. The first-order valence-electron chi connectivity index (χ1n) is 6.43. The molecule has 0 aromatic carbocycles. The van der Waals surface area contributed by atoms with Crippen LogP contribution in [0, 0.1) is 5.92 Å². The lowest BCUT2D eigenvalue weighted by Crippen LogP contribution is -2.38. The van der Waals surface area contributed by atoms with Crippen LogP contribution in [0.2, 0.25) is 0 Å². The summed E-state index contributed by atoms with van der Waals surface area (Å²) in [6, 6.07) is 1.79. The minimum atomic E-state index is -3.30. The summed E-state index contributed by atoms with van der Waals surface area (Å²) in [6.07, 6.45) is 3.06. The summed E-state index contributed by atoms with van der Waals surface area (Å²) in [5.74, 6) is 0.644. The molecule has 0 spiro atoms. The van der Waals surface area contributed by atoms with Crippen LogP contribution in [0.4, 0.5) is 0 Å². The van der Waals surface area contributed by atoms with E-state index in [9.17, 15) is 8.42 Å². The molecule has 20 heavy (non-hydrogen) atoms. The Morgan fingerprint density at radius 3 is 2.60 bits per heavy atom. The third kappa shape index (κ3) is 4.18. The minimum Gasteiger partial charge on any atom is -0.320 e. The second-order valence-corrected chi connectivity index (χ2v) is 8.70. The smallest absolute Gasteiger partial charge is 0.253 e. The monoisotopic (exact) mass is 402 g/mol. The molecule has 2 heterocycles. The molecule has 1 aromatic heterocycles. The summed E-state index contributed by atoms with van der Waals surface area (Å²) in [4.78, 5) is 0. The SMILES string of the molecule is CNCCC1CCN(S(=O)(=O)c2sccc2Br)CC1.Cl. The highest BCUT2D eigenvalue weighted by Gasteiger charge is 2.31. The number of piperidine rings is 1. The number of hydrogen-bond acceptors (Lipinski definition) is 4. The standard InChI is InChI=1S/C12H19BrN2O2S2.ClH/c1-14-6-2-10-3-7-15(8-4-10)19(16,17)12-11(13)5-9-18-12;/h5,9-10,14H,2-4,6-8H2,1H3;1H. The molecule has 0 unspecified atom stereocenters. The van der Waals surface area contributed by atoms with Crippen molar-refractivity contribution >= 4 is 49.7 Å². The van der Waals surface area contributed by atoms with Crippen molar-refractivity contribution in [3.63, 3.8) is 0 Å². The molecular weight excluding hydrogens is 384 g/mol. The Morgan fingerprint density at radius 2 is 2.10 bits per heavy atom. The quantitative estimate of drug-likeness (QED) is 0.822. The topological polar surface area (TPSA) is 49.4 Å². The first kappa shape index (κ1) is 18.4. The molecule has 1 saturated heterocycles. The van der Waals surface area contributed by atoms with Gasteiger partial charge in [0, 0.05) is 17.6 Å². The molecule has 8 heteroatoms. The largest absolute Gasteiger partial charge is 0.320 e. The first-order valence-corrected chi connectivity index (χ1v) is 9.54. The number of halogens is 2. The van der Waals surface area contributed by atoms with Gasteiger partial charge in [0.25, 0.3) is 10.0 Å². The Balaban J connectivity index is 0.00000200. The van der Waals surface area contributed by atoms with E-state index < -0.39 is 10.0 Å². The highest BCUT2D eigenvalue weighted by atomic mass is 79.9. The number of thiophene rings is 1. The maximum atomic E-state index is 12.5. The molecule has 0 aliphatic carbocycles. The fraction of sp³-hybridized carbons (Fsp3) is 0.667. The van der Waals surface area contributed by atoms with E-state index >= 15 is 0 Å².